The summed E-state index contributed by atoms with van der Waals surface area (Å²) in [5.74, 6) is -1.46. The third kappa shape index (κ3) is 2.03. The predicted molar refractivity (Wildman–Crippen MR) is 46.7 cm³/mol. The molecule has 4 N–H and O–H groups in total. The van der Waals surface area contributed by atoms with Crippen molar-refractivity contribution in [3.05, 3.63) is 23.8 Å². The number of halogens is 1. The molecule has 0 radical (unpaired) electrons. The summed E-state index contributed by atoms with van der Waals surface area (Å²) in [5, 5.41) is 17.4. The van der Waals surface area contributed by atoms with Crippen LogP contribution in [-0.4, -0.2) is 16.2 Å². The maximum atomic E-state index is 10.4. The Morgan fingerprint density at radius 1 is 1.42 bits per heavy atom. The first-order valence-electron chi connectivity index (χ1n) is 2.93. The Morgan fingerprint density at radius 3 is 2.42 bits per heavy atom. The van der Waals surface area contributed by atoms with E-state index in [2.05, 4.69) is 0 Å². The van der Waals surface area contributed by atoms with Gasteiger partial charge in [-0.05, 0) is 18.2 Å². The van der Waals surface area contributed by atoms with E-state index < -0.39 is 5.97 Å². The van der Waals surface area contributed by atoms with Crippen molar-refractivity contribution >= 4 is 24.1 Å². The topological polar surface area (TPSA) is 83.5 Å². The summed E-state index contributed by atoms with van der Waals surface area (Å²) in [5.41, 5.74) is 5.43. The second-order valence-corrected chi connectivity index (χ2v) is 2.08. The van der Waals surface area contributed by atoms with Gasteiger partial charge in [0.25, 0.3) is 0 Å². The van der Waals surface area contributed by atoms with E-state index in [0.717, 1.165) is 0 Å². The average molecular weight is 196 g/mol. The normalized spacial score (nSPS) is 8.67. The maximum Gasteiger partial charge on any atom is 0.339 e. The van der Waals surface area contributed by atoms with E-state index in [9.17, 15) is 4.79 Å². The number of nitrogens with two attached hydrogens (primary N) is 1. The lowest BCUT2D eigenvalue weighted by atomic mass is 10.9. The number of nitrogen functional groups attached to an aromatic ring is 1. The van der Waals surface area contributed by atoms with Gasteiger partial charge in [0, 0.05) is 5.69 Å². The molecule has 5 heteroatoms. The van der Waals surface area contributed by atoms with E-state index in [1.807, 2.05) is 0 Å². The number of aromatic carboxylic acids is 1. The molecule has 4 nitrogen and oxygen atoms in total. The Morgan fingerprint density at radius 2 is 2.00 bits per heavy atom. The third-order valence-corrected chi connectivity index (χ3v) is 1.25. The van der Waals surface area contributed by atoms with E-state index in [0.29, 0.717) is 5.69 Å². The highest BCUT2D eigenvalue weighted by Crippen LogP contribution is 2.18. The summed E-state index contributed by atoms with van der Waals surface area (Å²) in [6.45, 7) is 0. The smallest absolute Gasteiger partial charge is 0.339 e. The van der Waals surface area contributed by atoms with Gasteiger partial charge in [-0.2, -0.15) is 0 Å². The van der Waals surface area contributed by atoms with Gasteiger partial charge in [-0.3, -0.25) is 0 Å². The summed E-state index contributed by atoms with van der Waals surface area (Å²) >= 11 is 0. The van der Waals surface area contributed by atoms with Gasteiger partial charge in [0.15, 0.2) is 0 Å². The Kier molecular flexibility index (Phi) is 3.37. The first kappa shape index (κ1) is 10.6. The standard InChI is InChI=1S/C7H7NO3.ClH/c8-4-1-2-6(9)5(3-4)7(10)11;/h1-3,9H,8H2,(H,10,11);1H/i1+1,2+1,3+1,4+1,5+1,6+1;. The van der Waals surface area contributed by atoms with Gasteiger partial charge in [-0.25, -0.2) is 4.79 Å². The van der Waals surface area contributed by atoms with Gasteiger partial charge in [0.05, 0.1) is 0 Å². The minimum Gasteiger partial charge on any atom is -0.507 e. The van der Waals surface area contributed by atoms with Crippen molar-refractivity contribution in [1.82, 2.24) is 0 Å². The Balaban J connectivity index is 0.00000121. The van der Waals surface area contributed by atoms with Crippen LogP contribution < -0.4 is 5.73 Å². The summed E-state index contributed by atoms with van der Waals surface area (Å²) < 4.78 is 0. The molecule has 0 aromatic heterocycles. The fourth-order valence-corrected chi connectivity index (χ4v) is 0.725. The summed E-state index contributed by atoms with van der Waals surface area (Å²) in [6, 6.07) is 3.89. The van der Waals surface area contributed by atoms with Crippen LogP contribution in [0.1, 0.15) is 10.4 Å². The average Bonchev–Trinajstić information content (AvgIpc) is 1.94. The van der Waals surface area contributed by atoms with Crippen LogP contribution in [0.25, 0.3) is 0 Å². The van der Waals surface area contributed by atoms with Crippen LogP contribution >= 0.6 is 12.4 Å². The van der Waals surface area contributed by atoms with Crippen molar-refractivity contribution in [1.29, 1.82) is 0 Å². The lowest BCUT2D eigenvalue weighted by molar-refractivity contribution is 0.0694. The molecule has 0 aliphatic rings. The lowest BCUT2D eigenvalue weighted by Gasteiger charge is -1.98. The number of anilines is 1. The molecule has 1 aromatic carbocycles. The molecule has 1 aromatic rings. The maximum absolute atomic E-state index is 10.4. The van der Waals surface area contributed by atoms with Gasteiger partial charge in [-0.15, -0.1) is 12.4 Å². The van der Waals surface area contributed by atoms with Crippen molar-refractivity contribution in [3.8, 4) is 5.75 Å². The minimum atomic E-state index is -1.19. The second kappa shape index (κ2) is 3.82. The highest BCUT2D eigenvalue weighted by Gasteiger charge is 2.08. The monoisotopic (exact) mass is 195 g/mol. The van der Waals surface area contributed by atoms with Gasteiger partial charge >= 0.3 is 5.97 Å². The molecule has 0 bridgehead atoms. The lowest BCUT2D eigenvalue weighted by Crippen LogP contribution is -1.97. The summed E-state index contributed by atoms with van der Waals surface area (Å²) in [7, 11) is 0. The second-order valence-electron chi connectivity index (χ2n) is 2.08. The molecular weight excluding hydrogens is 187 g/mol. The van der Waals surface area contributed by atoms with Crippen LogP contribution in [-0.2, 0) is 0 Å². The van der Waals surface area contributed by atoms with E-state index in [-0.39, 0.29) is 23.7 Å². The third-order valence-electron chi connectivity index (χ3n) is 1.25. The van der Waals surface area contributed by atoms with Crippen LogP contribution in [0.3, 0.4) is 0 Å². The van der Waals surface area contributed by atoms with Gasteiger partial charge < -0.3 is 15.9 Å². The molecule has 66 valence electrons. The Hall–Kier alpha value is -1.42. The van der Waals surface area contributed by atoms with Crippen LogP contribution in [0.5, 0.6) is 5.75 Å². The number of carboxylic acid groups (broad SMARTS) is 1. The van der Waals surface area contributed by atoms with Gasteiger partial charge in [0.1, 0.15) is 11.3 Å². The molecule has 0 aliphatic heterocycles. The first-order chi connectivity index (χ1) is 5.11. The molecule has 1 rings (SSSR count). The molecule has 12 heavy (non-hydrogen) atoms. The quantitative estimate of drug-likeness (QED) is 0.463. The zero-order valence-corrected chi connectivity index (χ0v) is 6.84. The Labute approximate surface area is 75.0 Å². The number of aromatic hydroxyl groups is 1. The number of carboxylic acids is 1. The van der Waals surface area contributed by atoms with Gasteiger partial charge in [-0.1, -0.05) is 0 Å². The van der Waals surface area contributed by atoms with Gasteiger partial charge in [0.2, 0.25) is 0 Å². The number of benzene rings is 1. The fourth-order valence-electron chi connectivity index (χ4n) is 0.725. The molecule has 0 saturated heterocycles. The van der Waals surface area contributed by atoms with Crippen LogP contribution in [0.4, 0.5) is 5.69 Å². The highest BCUT2D eigenvalue weighted by atomic mass is 35.5. The number of phenols is 1. The van der Waals surface area contributed by atoms with Crippen molar-refractivity contribution in [2.75, 3.05) is 5.73 Å². The van der Waals surface area contributed by atoms with E-state index in [4.69, 9.17) is 15.9 Å². The molecule has 0 amide bonds. The van der Waals surface area contributed by atoms with Crippen molar-refractivity contribution in [2.45, 2.75) is 0 Å². The van der Waals surface area contributed by atoms with Crippen molar-refractivity contribution < 1.29 is 15.0 Å². The molecule has 0 heterocycles. The number of carbonyl (C=O) groups is 1. The SMILES string of the molecule is Cl.N[13c]1[13cH][13cH][13c](O)[13c](C(=O)O)[13cH]1. The van der Waals surface area contributed by atoms with E-state index in [1.54, 1.807) is 0 Å². The van der Waals surface area contributed by atoms with E-state index in [1.165, 1.54) is 18.2 Å². The van der Waals surface area contributed by atoms with Crippen LogP contribution in [0.15, 0.2) is 18.2 Å². The van der Waals surface area contributed by atoms with Crippen molar-refractivity contribution in [2.24, 2.45) is 0 Å². The van der Waals surface area contributed by atoms with Crippen LogP contribution in [0, 0.1) is 0 Å². The zero-order chi connectivity index (χ0) is 8.43. The molecule has 0 unspecified atom stereocenters. The largest absolute Gasteiger partial charge is 0.507 e. The summed E-state index contributed by atoms with van der Waals surface area (Å²) in [6.07, 6.45) is 0. The van der Waals surface area contributed by atoms with E-state index >= 15 is 0 Å². The molecule has 0 saturated carbocycles. The number of hydrogen-bond donors (Lipinski definition) is 3. The molecule has 0 aliphatic carbocycles. The predicted octanol–water partition coefficient (Wildman–Crippen LogP) is 1.09. The molecule has 0 fully saturated rings. The minimum absolute atomic E-state index is 0. The first-order valence-corrected chi connectivity index (χ1v) is 2.93. The Bertz CT molecular complexity index is 301. The molecular formula is C7H8ClNO3. The summed E-state index contributed by atoms with van der Waals surface area (Å²) in [4.78, 5) is 10.4. The molecule has 0 atom stereocenters. The number of rotatable bonds is 1. The van der Waals surface area contributed by atoms with Crippen molar-refractivity contribution in [3.63, 3.8) is 0 Å². The highest BCUT2D eigenvalue weighted by molar-refractivity contribution is 5.91. The number of hydrogen-bond acceptors (Lipinski definition) is 3. The zero-order valence-electron chi connectivity index (χ0n) is 6.02. The molecule has 0 spiro atoms. The van der Waals surface area contributed by atoms with Crippen LogP contribution in [0.2, 0.25) is 0 Å². The fraction of sp³-hybridized carbons (Fsp3) is 0.